The quantitative estimate of drug-likeness (QED) is 0.845. The molecule has 5 nitrogen and oxygen atoms in total. The van der Waals surface area contributed by atoms with Crippen LogP contribution in [0.2, 0.25) is 0 Å². The van der Waals surface area contributed by atoms with Crippen molar-refractivity contribution >= 4 is 0 Å². The molecule has 0 saturated carbocycles. The molecular weight excluding hydrogens is 218 g/mol. The van der Waals surface area contributed by atoms with Gasteiger partial charge in [-0.1, -0.05) is 18.5 Å². The molecule has 1 fully saturated rings. The van der Waals surface area contributed by atoms with Crippen LogP contribution in [0.3, 0.4) is 0 Å². The molecule has 2 atom stereocenters. The summed E-state index contributed by atoms with van der Waals surface area (Å²) in [6, 6.07) is 0.121. The van der Waals surface area contributed by atoms with E-state index in [2.05, 4.69) is 17.1 Å². The third-order valence-electron chi connectivity index (χ3n) is 3.11. The third-order valence-corrected chi connectivity index (χ3v) is 3.11. The van der Waals surface area contributed by atoms with Crippen LogP contribution in [0.5, 0.6) is 0 Å². The molecule has 0 radical (unpaired) electrons. The molecule has 17 heavy (non-hydrogen) atoms. The summed E-state index contributed by atoms with van der Waals surface area (Å²) in [6.07, 6.45) is 4.90. The lowest BCUT2D eigenvalue weighted by molar-refractivity contribution is 0.0773. The van der Waals surface area contributed by atoms with Crippen LogP contribution in [0.15, 0.2) is 4.52 Å². The van der Waals surface area contributed by atoms with Gasteiger partial charge in [0.05, 0.1) is 6.61 Å². The maximum Gasteiger partial charge on any atom is 0.228 e. The smallest absolute Gasteiger partial charge is 0.228 e. The van der Waals surface area contributed by atoms with Crippen molar-refractivity contribution < 1.29 is 9.26 Å². The van der Waals surface area contributed by atoms with Crippen molar-refractivity contribution in [1.82, 2.24) is 10.1 Å². The second-order valence-electron chi connectivity index (χ2n) is 4.71. The van der Waals surface area contributed by atoms with Crippen molar-refractivity contribution in [3.63, 3.8) is 0 Å². The van der Waals surface area contributed by atoms with Crippen LogP contribution in [0.25, 0.3) is 0 Å². The summed E-state index contributed by atoms with van der Waals surface area (Å²) in [7, 11) is 0. The molecule has 2 N–H and O–H groups in total. The summed E-state index contributed by atoms with van der Waals surface area (Å²) in [5, 5.41) is 4.03. The predicted octanol–water partition coefficient (Wildman–Crippen LogP) is 1.63. The van der Waals surface area contributed by atoms with Gasteiger partial charge in [0.25, 0.3) is 0 Å². The molecule has 1 aliphatic heterocycles. The van der Waals surface area contributed by atoms with Gasteiger partial charge in [0.2, 0.25) is 5.89 Å². The van der Waals surface area contributed by atoms with Crippen LogP contribution >= 0.6 is 0 Å². The van der Waals surface area contributed by atoms with Gasteiger partial charge in [-0.2, -0.15) is 4.98 Å². The summed E-state index contributed by atoms with van der Waals surface area (Å²) >= 11 is 0. The minimum atomic E-state index is 0.121. The van der Waals surface area contributed by atoms with Gasteiger partial charge in [0.15, 0.2) is 5.82 Å². The van der Waals surface area contributed by atoms with Crippen LogP contribution < -0.4 is 5.73 Å². The largest absolute Gasteiger partial charge is 0.381 e. The summed E-state index contributed by atoms with van der Waals surface area (Å²) in [6.45, 7) is 3.68. The van der Waals surface area contributed by atoms with Crippen LogP contribution in [0, 0.1) is 0 Å². The van der Waals surface area contributed by atoms with E-state index in [9.17, 15) is 0 Å². The molecule has 0 amide bonds. The highest BCUT2D eigenvalue weighted by Gasteiger charge is 2.21. The molecule has 96 valence electrons. The molecule has 1 aromatic rings. The minimum Gasteiger partial charge on any atom is -0.381 e. The van der Waals surface area contributed by atoms with Crippen molar-refractivity contribution in [3.05, 3.63) is 11.7 Å². The second kappa shape index (κ2) is 6.12. The molecule has 2 unspecified atom stereocenters. The first-order valence-electron chi connectivity index (χ1n) is 6.45. The van der Waals surface area contributed by atoms with E-state index in [4.69, 9.17) is 15.0 Å². The highest BCUT2D eigenvalue weighted by atomic mass is 16.5. The number of nitrogens with two attached hydrogens (primary N) is 1. The third kappa shape index (κ3) is 3.51. The zero-order valence-corrected chi connectivity index (χ0v) is 10.4. The molecule has 2 rings (SSSR count). The number of rotatable bonds is 5. The van der Waals surface area contributed by atoms with Gasteiger partial charge in [0.1, 0.15) is 0 Å². The van der Waals surface area contributed by atoms with Crippen molar-refractivity contribution in [3.8, 4) is 0 Å². The molecule has 0 bridgehead atoms. The summed E-state index contributed by atoms with van der Waals surface area (Å²) in [4.78, 5) is 4.42. The fraction of sp³-hybridized carbons (Fsp3) is 0.833. The Bertz CT molecular complexity index is 334. The summed E-state index contributed by atoms with van der Waals surface area (Å²) in [5.74, 6) is 1.73. The SMILES string of the molecule is CCCC(N)Cc1nc(C2CCCOC2)no1. The highest BCUT2D eigenvalue weighted by molar-refractivity contribution is 4.97. The Morgan fingerprint density at radius 1 is 1.53 bits per heavy atom. The zero-order valence-electron chi connectivity index (χ0n) is 10.4. The first-order chi connectivity index (χ1) is 8.29. The van der Waals surface area contributed by atoms with Crippen molar-refractivity contribution in [2.45, 2.75) is 51.0 Å². The Morgan fingerprint density at radius 3 is 3.12 bits per heavy atom. The van der Waals surface area contributed by atoms with E-state index in [-0.39, 0.29) is 6.04 Å². The average molecular weight is 239 g/mol. The molecule has 5 heteroatoms. The van der Waals surface area contributed by atoms with Gasteiger partial charge >= 0.3 is 0 Å². The predicted molar refractivity (Wildman–Crippen MR) is 63.7 cm³/mol. The Hall–Kier alpha value is -0.940. The van der Waals surface area contributed by atoms with E-state index in [1.165, 1.54) is 0 Å². The Kier molecular flexibility index (Phi) is 4.50. The van der Waals surface area contributed by atoms with E-state index >= 15 is 0 Å². The molecular formula is C12H21N3O2. The number of hydrogen-bond acceptors (Lipinski definition) is 5. The Labute approximate surface area is 102 Å². The highest BCUT2D eigenvalue weighted by Crippen LogP contribution is 2.23. The standard InChI is InChI=1S/C12H21N3O2/c1-2-4-10(13)7-11-14-12(15-17-11)9-5-3-6-16-8-9/h9-10H,2-8,13H2,1H3. The van der Waals surface area contributed by atoms with Gasteiger partial charge in [0, 0.05) is 25.0 Å². The molecule has 2 heterocycles. The average Bonchev–Trinajstić information content (AvgIpc) is 2.79. The van der Waals surface area contributed by atoms with Crippen molar-refractivity contribution in [1.29, 1.82) is 0 Å². The number of ether oxygens (including phenoxy) is 1. The fourth-order valence-corrected chi connectivity index (χ4v) is 2.16. The van der Waals surface area contributed by atoms with Gasteiger partial charge in [-0.25, -0.2) is 0 Å². The number of aromatic nitrogens is 2. The van der Waals surface area contributed by atoms with Crippen molar-refractivity contribution in [2.24, 2.45) is 5.73 Å². The van der Waals surface area contributed by atoms with Crippen LogP contribution in [0.4, 0.5) is 0 Å². The van der Waals surface area contributed by atoms with E-state index < -0.39 is 0 Å². The van der Waals surface area contributed by atoms with E-state index in [0.717, 1.165) is 38.1 Å². The maximum atomic E-state index is 5.95. The van der Waals surface area contributed by atoms with Crippen LogP contribution in [-0.2, 0) is 11.2 Å². The van der Waals surface area contributed by atoms with Gasteiger partial charge in [-0.3, -0.25) is 0 Å². The Morgan fingerprint density at radius 2 is 2.41 bits per heavy atom. The lowest BCUT2D eigenvalue weighted by Gasteiger charge is -2.18. The van der Waals surface area contributed by atoms with Crippen LogP contribution in [-0.4, -0.2) is 29.4 Å². The topological polar surface area (TPSA) is 74.2 Å². The Balaban J connectivity index is 1.90. The normalized spacial score (nSPS) is 22.6. The zero-order chi connectivity index (χ0) is 12.1. The first kappa shape index (κ1) is 12.5. The monoisotopic (exact) mass is 239 g/mol. The molecule has 0 aromatic carbocycles. The molecule has 1 saturated heterocycles. The van der Waals surface area contributed by atoms with Crippen molar-refractivity contribution in [2.75, 3.05) is 13.2 Å². The van der Waals surface area contributed by atoms with Gasteiger partial charge in [-0.05, 0) is 19.3 Å². The molecule has 1 aromatic heterocycles. The van der Waals surface area contributed by atoms with E-state index in [0.29, 0.717) is 24.8 Å². The second-order valence-corrected chi connectivity index (χ2v) is 4.71. The fourth-order valence-electron chi connectivity index (χ4n) is 2.16. The maximum absolute atomic E-state index is 5.95. The minimum absolute atomic E-state index is 0.121. The summed E-state index contributed by atoms with van der Waals surface area (Å²) < 4.78 is 10.7. The van der Waals surface area contributed by atoms with Crippen LogP contribution in [0.1, 0.15) is 50.2 Å². The van der Waals surface area contributed by atoms with Gasteiger partial charge in [-0.15, -0.1) is 0 Å². The number of nitrogens with zero attached hydrogens (tertiary/aromatic N) is 2. The van der Waals surface area contributed by atoms with E-state index in [1.807, 2.05) is 0 Å². The summed E-state index contributed by atoms with van der Waals surface area (Å²) in [5.41, 5.74) is 5.95. The molecule has 0 aliphatic carbocycles. The first-order valence-corrected chi connectivity index (χ1v) is 6.45. The van der Waals surface area contributed by atoms with E-state index in [1.54, 1.807) is 0 Å². The van der Waals surface area contributed by atoms with Gasteiger partial charge < -0.3 is 15.0 Å². The number of hydrogen-bond donors (Lipinski definition) is 1. The molecule has 0 spiro atoms. The molecule has 1 aliphatic rings. The lowest BCUT2D eigenvalue weighted by Crippen LogP contribution is -2.22. The lowest BCUT2D eigenvalue weighted by atomic mass is 10.0.